The number of aromatic hydroxyl groups is 1. The van der Waals surface area contributed by atoms with Crippen molar-refractivity contribution in [2.75, 3.05) is 13.1 Å². The molecule has 0 aromatic heterocycles. The SMILES string of the molecule is CCCN(CCC)Cc1ccc(O)c(C(C)=O)c1. The van der Waals surface area contributed by atoms with Gasteiger partial charge in [-0.05, 0) is 50.6 Å². The van der Waals surface area contributed by atoms with Crippen molar-refractivity contribution in [1.82, 2.24) is 4.90 Å². The van der Waals surface area contributed by atoms with Crippen molar-refractivity contribution in [3.8, 4) is 5.75 Å². The summed E-state index contributed by atoms with van der Waals surface area (Å²) in [7, 11) is 0. The Morgan fingerprint density at radius 2 is 1.83 bits per heavy atom. The monoisotopic (exact) mass is 249 g/mol. The lowest BCUT2D eigenvalue weighted by atomic mass is 10.1. The third-order valence-electron chi connectivity index (χ3n) is 2.93. The molecule has 0 aliphatic heterocycles. The van der Waals surface area contributed by atoms with Crippen LogP contribution in [0.15, 0.2) is 18.2 Å². The molecular weight excluding hydrogens is 226 g/mol. The molecule has 0 amide bonds. The van der Waals surface area contributed by atoms with Gasteiger partial charge in [0.15, 0.2) is 5.78 Å². The van der Waals surface area contributed by atoms with E-state index in [0.29, 0.717) is 5.56 Å². The van der Waals surface area contributed by atoms with E-state index in [2.05, 4.69) is 18.7 Å². The highest BCUT2D eigenvalue weighted by Crippen LogP contribution is 2.20. The summed E-state index contributed by atoms with van der Waals surface area (Å²) >= 11 is 0. The third-order valence-corrected chi connectivity index (χ3v) is 2.93. The van der Waals surface area contributed by atoms with Gasteiger partial charge in [-0.25, -0.2) is 0 Å². The maximum Gasteiger partial charge on any atom is 0.163 e. The molecule has 1 N–H and O–H groups in total. The Labute approximate surface area is 109 Å². The fourth-order valence-corrected chi connectivity index (χ4v) is 2.12. The summed E-state index contributed by atoms with van der Waals surface area (Å²) in [5, 5.41) is 9.61. The normalized spacial score (nSPS) is 10.9. The van der Waals surface area contributed by atoms with E-state index < -0.39 is 0 Å². The van der Waals surface area contributed by atoms with Gasteiger partial charge in [0.2, 0.25) is 0 Å². The van der Waals surface area contributed by atoms with Gasteiger partial charge in [-0.3, -0.25) is 9.69 Å². The fraction of sp³-hybridized carbons (Fsp3) is 0.533. The van der Waals surface area contributed by atoms with E-state index >= 15 is 0 Å². The predicted molar refractivity (Wildman–Crippen MR) is 74.0 cm³/mol. The highest BCUT2D eigenvalue weighted by atomic mass is 16.3. The van der Waals surface area contributed by atoms with Gasteiger partial charge in [0.1, 0.15) is 5.75 Å². The molecule has 3 heteroatoms. The summed E-state index contributed by atoms with van der Waals surface area (Å²) in [6.07, 6.45) is 2.25. The van der Waals surface area contributed by atoms with Crippen molar-refractivity contribution in [2.45, 2.75) is 40.2 Å². The second-order valence-corrected chi connectivity index (χ2v) is 4.68. The van der Waals surface area contributed by atoms with E-state index in [9.17, 15) is 9.90 Å². The molecule has 0 bridgehead atoms. The smallest absolute Gasteiger partial charge is 0.163 e. The van der Waals surface area contributed by atoms with Crippen LogP contribution in [0.1, 0.15) is 49.5 Å². The number of hydrogen-bond acceptors (Lipinski definition) is 3. The van der Waals surface area contributed by atoms with Gasteiger partial charge in [-0.15, -0.1) is 0 Å². The lowest BCUT2D eigenvalue weighted by Crippen LogP contribution is -2.24. The molecule has 0 aliphatic rings. The molecule has 0 heterocycles. The predicted octanol–water partition coefficient (Wildman–Crippen LogP) is 3.22. The highest BCUT2D eigenvalue weighted by Gasteiger charge is 2.09. The first-order chi connectivity index (χ1) is 8.58. The van der Waals surface area contributed by atoms with Gasteiger partial charge in [0.25, 0.3) is 0 Å². The summed E-state index contributed by atoms with van der Waals surface area (Å²) < 4.78 is 0. The Bertz CT molecular complexity index is 395. The summed E-state index contributed by atoms with van der Waals surface area (Å²) in [5.41, 5.74) is 1.50. The van der Waals surface area contributed by atoms with Gasteiger partial charge in [-0.1, -0.05) is 19.9 Å². The largest absolute Gasteiger partial charge is 0.507 e. The zero-order chi connectivity index (χ0) is 13.5. The number of hydrogen-bond donors (Lipinski definition) is 1. The molecule has 0 spiro atoms. The molecule has 0 aliphatic carbocycles. The van der Waals surface area contributed by atoms with E-state index in [1.54, 1.807) is 12.1 Å². The van der Waals surface area contributed by atoms with Gasteiger partial charge < -0.3 is 5.11 Å². The van der Waals surface area contributed by atoms with Crippen LogP contribution < -0.4 is 0 Å². The lowest BCUT2D eigenvalue weighted by molar-refractivity contribution is 0.101. The van der Waals surface area contributed by atoms with Crippen LogP contribution in [0.25, 0.3) is 0 Å². The molecule has 0 saturated carbocycles. The summed E-state index contributed by atoms with van der Waals surface area (Å²) in [6, 6.07) is 5.30. The maximum absolute atomic E-state index is 11.4. The number of benzene rings is 1. The Balaban J connectivity index is 2.82. The zero-order valence-electron chi connectivity index (χ0n) is 11.6. The fourth-order valence-electron chi connectivity index (χ4n) is 2.12. The molecule has 1 aromatic carbocycles. The van der Waals surface area contributed by atoms with Crippen molar-refractivity contribution in [1.29, 1.82) is 0 Å². The Hall–Kier alpha value is -1.35. The van der Waals surface area contributed by atoms with Crippen molar-refractivity contribution >= 4 is 5.78 Å². The van der Waals surface area contributed by atoms with Crippen molar-refractivity contribution < 1.29 is 9.90 Å². The van der Waals surface area contributed by atoms with Crippen LogP contribution in [-0.4, -0.2) is 28.9 Å². The molecule has 18 heavy (non-hydrogen) atoms. The Morgan fingerprint density at radius 3 is 2.33 bits per heavy atom. The third kappa shape index (κ3) is 4.15. The van der Waals surface area contributed by atoms with E-state index in [1.807, 2.05) is 6.07 Å². The average molecular weight is 249 g/mol. The van der Waals surface area contributed by atoms with Crippen LogP contribution in [0.3, 0.4) is 0 Å². The van der Waals surface area contributed by atoms with Crippen LogP contribution in [-0.2, 0) is 6.54 Å². The molecular formula is C15H23NO2. The van der Waals surface area contributed by atoms with Crippen molar-refractivity contribution in [2.24, 2.45) is 0 Å². The number of carbonyl (C=O) groups is 1. The van der Waals surface area contributed by atoms with Gasteiger partial charge >= 0.3 is 0 Å². The quantitative estimate of drug-likeness (QED) is 0.754. The Kier molecular flexibility index (Phi) is 5.86. The average Bonchev–Trinajstić information content (AvgIpc) is 2.32. The lowest BCUT2D eigenvalue weighted by Gasteiger charge is -2.21. The number of ketones is 1. The summed E-state index contributed by atoms with van der Waals surface area (Å²) in [6.45, 7) is 8.77. The second kappa shape index (κ2) is 7.17. The van der Waals surface area contributed by atoms with E-state index in [1.165, 1.54) is 6.92 Å². The molecule has 0 saturated heterocycles. The van der Waals surface area contributed by atoms with E-state index in [-0.39, 0.29) is 11.5 Å². The maximum atomic E-state index is 11.4. The number of carbonyl (C=O) groups excluding carboxylic acids is 1. The number of Topliss-reactive ketones (excluding diaryl/α,β-unsaturated/α-hetero) is 1. The minimum absolute atomic E-state index is 0.0729. The number of nitrogens with zero attached hydrogens (tertiary/aromatic N) is 1. The minimum Gasteiger partial charge on any atom is -0.507 e. The van der Waals surface area contributed by atoms with Crippen LogP contribution in [0, 0.1) is 0 Å². The van der Waals surface area contributed by atoms with Gasteiger partial charge in [0, 0.05) is 6.54 Å². The molecule has 1 rings (SSSR count). The van der Waals surface area contributed by atoms with Gasteiger partial charge in [-0.2, -0.15) is 0 Å². The van der Waals surface area contributed by atoms with Crippen LogP contribution in [0.5, 0.6) is 5.75 Å². The molecule has 3 nitrogen and oxygen atoms in total. The number of phenols is 1. The number of phenolic OH excluding ortho intramolecular Hbond substituents is 1. The highest BCUT2D eigenvalue weighted by molar-refractivity contribution is 5.96. The first-order valence-corrected chi connectivity index (χ1v) is 6.63. The van der Waals surface area contributed by atoms with E-state index in [4.69, 9.17) is 0 Å². The van der Waals surface area contributed by atoms with Crippen molar-refractivity contribution in [3.05, 3.63) is 29.3 Å². The first-order valence-electron chi connectivity index (χ1n) is 6.63. The molecule has 0 atom stereocenters. The minimum atomic E-state index is -0.0908. The van der Waals surface area contributed by atoms with Crippen LogP contribution in [0.4, 0.5) is 0 Å². The topological polar surface area (TPSA) is 40.5 Å². The molecule has 0 radical (unpaired) electrons. The molecule has 100 valence electrons. The summed E-state index contributed by atoms with van der Waals surface area (Å²) in [5.74, 6) is -0.0179. The molecule has 0 fully saturated rings. The van der Waals surface area contributed by atoms with Crippen LogP contribution in [0.2, 0.25) is 0 Å². The van der Waals surface area contributed by atoms with Crippen molar-refractivity contribution in [3.63, 3.8) is 0 Å². The summed E-state index contributed by atoms with van der Waals surface area (Å²) in [4.78, 5) is 13.8. The zero-order valence-corrected chi connectivity index (χ0v) is 11.6. The first kappa shape index (κ1) is 14.7. The Morgan fingerprint density at radius 1 is 1.22 bits per heavy atom. The van der Waals surface area contributed by atoms with Crippen LogP contribution >= 0.6 is 0 Å². The standard InChI is InChI=1S/C15H23NO2/c1-4-8-16(9-5-2)11-13-6-7-15(18)14(10-13)12(3)17/h6-7,10,18H,4-5,8-9,11H2,1-3H3. The number of rotatable bonds is 7. The molecule has 1 aromatic rings. The molecule has 0 unspecified atom stereocenters. The van der Waals surface area contributed by atoms with Gasteiger partial charge in [0.05, 0.1) is 5.56 Å². The second-order valence-electron chi connectivity index (χ2n) is 4.68. The van der Waals surface area contributed by atoms with E-state index in [0.717, 1.165) is 38.0 Å².